The Balaban J connectivity index is 0.000000980. The predicted molar refractivity (Wildman–Crippen MR) is 77.1 cm³/mol. The third-order valence-electron chi connectivity index (χ3n) is 2.35. The van der Waals surface area contributed by atoms with E-state index in [1.165, 1.54) is 10.6 Å². The van der Waals surface area contributed by atoms with Gasteiger partial charge < -0.3 is 10.6 Å². The van der Waals surface area contributed by atoms with Crippen LogP contribution in [-0.2, 0) is 12.8 Å². The molecule has 0 bridgehead atoms. The number of nitrogens with two attached hydrogens (primary N) is 1. The molecule has 6 heteroatoms. The molecule has 0 aromatic carbocycles. The number of fused-ring (bicyclic) bond motifs is 1. The molecule has 0 radical (unpaired) electrons. The Kier molecular flexibility index (Phi) is 6.32. The molecule has 0 aliphatic heterocycles. The first kappa shape index (κ1) is 15.3. The molecule has 3 nitrogen and oxygen atoms in total. The van der Waals surface area contributed by atoms with Gasteiger partial charge in [0, 0.05) is 25.0 Å². The summed E-state index contributed by atoms with van der Waals surface area (Å²) in [6, 6.07) is 0.350. The highest BCUT2D eigenvalue weighted by Crippen LogP contribution is 2.30. The molecule has 1 unspecified atom stereocenters. The second-order valence-electron chi connectivity index (χ2n) is 3.76. The average molecular weight is 359 g/mol. The van der Waals surface area contributed by atoms with E-state index in [1.807, 2.05) is 14.1 Å². The molecule has 1 atom stereocenters. The van der Waals surface area contributed by atoms with Crippen molar-refractivity contribution in [2.24, 2.45) is 5.73 Å². The number of anilines is 1. The van der Waals surface area contributed by atoms with Crippen LogP contribution >= 0.6 is 45.3 Å². The maximum Gasteiger partial charge on any atom is 0.185 e. The first-order valence-corrected chi connectivity index (χ1v) is 5.40. The smallest absolute Gasteiger partial charge is 0.185 e. The number of aromatic nitrogens is 1. The summed E-state index contributed by atoms with van der Waals surface area (Å²) in [5, 5.41) is 1.11. The van der Waals surface area contributed by atoms with Gasteiger partial charge in [0.15, 0.2) is 5.13 Å². The van der Waals surface area contributed by atoms with Crippen molar-refractivity contribution in [3.8, 4) is 0 Å². The molecule has 0 fully saturated rings. The average Bonchev–Trinajstić information content (AvgIpc) is 2.46. The van der Waals surface area contributed by atoms with E-state index >= 15 is 0 Å². The summed E-state index contributed by atoms with van der Waals surface area (Å²) < 4.78 is 0. The molecule has 1 aliphatic rings. The molecule has 2 rings (SSSR count). The molecular formula is C9H17Br2N3S. The molecule has 1 heterocycles. The number of hydrogen-bond donors (Lipinski definition) is 1. The van der Waals surface area contributed by atoms with E-state index in [0.29, 0.717) is 6.04 Å². The minimum Gasteiger partial charge on any atom is -0.354 e. The van der Waals surface area contributed by atoms with Crippen molar-refractivity contribution in [2.75, 3.05) is 19.0 Å². The highest BCUT2D eigenvalue weighted by atomic mass is 79.9. The number of halogens is 2. The van der Waals surface area contributed by atoms with Gasteiger partial charge in [-0.2, -0.15) is 0 Å². The molecule has 0 spiro atoms. The van der Waals surface area contributed by atoms with Crippen LogP contribution in [0, 0.1) is 0 Å². The van der Waals surface area contributed by atoms with Crippen LogP contribution in [-0.4, -0.2) is 25.1 Å². The molecule has 0 amide bonds. The number of nitrogens with zero attached hydrogens (tertiary/aromatic N) is 2. The molecule has 0 saturated heterocycles. The minimum atomic E-state index is 0. The summed E-state index contributed by atoms with van der Waals surface area (Å²) >= 11 is 1.78. The van der Waals surface area contributed by atoms with Crippen LogP contribution in [0.2, 0.25) is 0 Å². The zero-order valence-corrected chi connectivity index (χ0v) is 13.1. The summed E-state index contributed by atoms with van der Waals surface area (Å²) in [7, 11) is 4.06. The van der Waals surface area contributed by atoms with Gasteiger partial charge in [-0.25, -0.2) is 4.98 Å². The fourth-order valence-electron chi connectivity index (χ4n) is 1.58. The lowest BCUT2D eigenvalue weighted by atomic mass is 9.99. The van der Waals surface area contributed by atoms with E-state index in [1.54, 1.807) is 11.3 Å². The van der Waals surface area contributed by atoms with Crippen molar-refractivity contribution < 1.29 is 0 Å². The van der Waals surface area contributed by atoms with Gasteiger partial charge in [-0.05, 0) is 19.3 Å². The molecular weight excluding hydrogens is 342 g/mol. The Hall–Kier alpha value is 0.350. The van der Waals surface area contributed by atoms with E-state index in [9.17, 15) is 0 Å². The van der Waals surface area contributed by atoms with Crippen molar-refractivity contribution in [3.63, 3.8) is 0 Å². The fourth-order valence-corrected chi connectivity index (χ4v) is 2.70. The van der Waals surface area contributed by atoms with Crippen molar-refractivity contribution in [2.45, 2.75) is 25.3 Å². The lowest BCUT2D eigenvalue weighted by Crippen LogP contribution is -2.27. The monoisotopic (exact) mass is 357 g/mol. The molecule has 1 aromatic heterocycles. The Morgan fingerprint density at radius 1 is 1.40 bits per heavy atom. The largest absolute Gasteiger partial charge is 0.354 e. The van der Waals surface area contributed by atoms with Crippen LogP contribution in [0.3, 0.4) is 0 Å². The quantitative estimate of drug-likeness (QED) is 0.836. The van der Waals surface area contributed by atoms with Crippen LogP contribution in [0.25, 0.3) is 0 Å². The number of rotatable bonds is 1. The standard InChI is InChI=1S/C9H15N3S.2BrH/c1-12(2)9-11-7-4-3-6(10)5-8(7)13-9;;/h6H,3-5,10H2,1-2H3;2*1H. The number of thiazole rings is 1. The summed E-state index contributed by atoms with van der Waals surface area (Å²) in [5.41, 5.74) is 7.17. The predicted octanol–water partition coefficient (Wildman–Crippen LogP) is 2.18. The summed E-state index contributed by atoms with van der Waals surface area (Å²) in [6.45, 7) is 0. The van der Waals surface area contributed by atoms with E-state index in [0.717, 1.165) is 24.4 Å². The molecule has 88 valence electrons. The van der Waals surface area contributed by atoms with Crippen LogP contribution in [0.5, 0.6) is 0 Å². The Morgan fingerprint density at radius 2 is 2.07 bits per heavy atom. The zero-order valence-electron chi connectivity index (χ0n) is 8.90. The van der Waals surface area contributed by atoms with Gasteiger partial charge in [-0.15, -0.1) is 45.3 Å². The van der Waals surface area contributed by atoms with E-state index in [-0.39, 0.29) is 34.0 Å². The highest BCUT2D eigenvalue weighted by Gasteiger charge is 2.20. The van der Waals surface area contributed by atoms with Gasteiger partial charge in [0.05, 0.1) is 5.69 Å². The highest BCUT2D eigenvalue weighted by molar-refractivity contribution is 8.93. The summed E-state index contributed by atoms with van der Waals surface area (Å²) in [4.78, 5) is 8.03. The topological polar surface area (TPSA) is 42.2 Å². The second-order valence-corrected chi connectivity index (χ2v) is 4.83. The van der Waals surface area contributed by atoms with Gasteiger partial charge >= 0.3 is 0 Å². The zero-order chi connectivity index (χ0) is 9.42. The molecule has 0 saturated carbocycles. The van der Waals surface area contributed by atoms with Crippen LogP contribution in [0.1, 0.15) is 17.0 Å². The van der Waals surface area contributed by atoms with Gasteiger partial charge in [0.25, 0.3) is 0 Å². The van der Waals surface area contributed by atoms with E-state index in [2.05, 4.69) is 9.88 Å². The van der Waals surface area contributed by atoms with Crippen LogP contribution in [0.15, 0.2) is 0 Å². The summed E-state index contributed by atoms with van der Waals surface area (Å²) in [5.74, 6) is 0. The van der Waals surface area contributed by atoms with Crippen molar-refractivity contribution in [3.05, 3.63) is 10.6 Å². The van der Waals surface area contributed by atoms with E-state index < -0.39 is 0 Å². The van der Waals surface area contributed by atoms with Crippen LogP contribution in [0.4, 0.5) is 5.13 Å². The fraction of sp³-hybridized carbons (Fsp3) is 0.667. The molecule has 15 heavy (non-hydrogen) atoms. The third-order valence-corrected chi connectivity index (χ3v) is 3.64. The number of hydrogen-bond acceptors (Lipinski definition) is 4. The third kappa shape index (κ3) is 3.41. The summed E-state index contributed by atoms with van der Waals surface area (Å²) in [6.07, 6.45) is 3.16. The van der Waals surface area contributed by atoms with Crippen molar-refractivity contribution >= 4 is 50.4 Å². The molecule has 1 aliphatic carbocycles. The first-order chi connectivity index (χ1) is 6.16. The molecule has 2 N–H and O–H groups in total. The SMILES string of the molecule is Br.Br.CN(C)c1nc2c(s1)CC(N)CC2. The minimum absolute atomic E-state index is 0. The van der Waals surface area contributed by atoms with Gasteiger partial charge in [-0.1, -0.05) is 0 Å². The Labute approximate surface area is 116 Å². The second kappa shape index (κ2) is 6.18. The lowest BCUT2D eigenvalue weighted by Gasteiger charge is -2.15. The lowest BCUT2D eigenvalue weighted by molar-refractivity contribution is 0.576. The normalized spacial score (nSPS) is 18.5. The number of aryl methyl sites for hydroxylation is 1. The van der Waals surface area contributed by atoms with Gasteiger partial charge in [0.2, 0.25) is 0 Å². The maximum absolute atomic E-state index is 5.90. The first-order valence-electron chi connectivity index (χ1n) is 4.58. The Bertz CT molecular complexity index is 314. The maximum atomic E-state index is 5.90. The van der Waals surface area contributed by atoms with Gasteiger partial charge in [-0.3, -0.25) is 0 Å². The van der Waals surface area contributed by atoms with Gasteiger partial charge in [0.1, 0.15) is 0 Å². The van der Waals surface area contributed by atoms with Crippen LogP contribution < -0.4 is 10.6 Å². The van der Waals surface area contributed by atoms with E-state index in [4.69, 9.17) is 5.73 Å². The molecule has 1 aromatic rings. The van der Waals surface area contributed by atoms with Crippen molar-refractivity contribution in [1.29, 1.82) is 0 Å². The Morgan fingerprint density at radius 3 is 2.67 bits per heavy atom. The van der Waals surface area contributed by atoms with Crippen molar-refractivity contribution in [1.82, 2.24) is 4.98 Å².